The molecule has 2 nitrogen and oxygen atoms in total. The minimum absolute atomic E-state index is 0.0351. The van der Waals surface area contributed by atoms with Crippen molar-refractivity contribution < 1.29 is 4.39 Å². The summed E-state index contributed by atoms with van der Waals surface area (Å²) in [5.41, 5.74) is 0.962. The molecule has 2 rings (SSSR count). The largest absolute Gasteiger partial charge is 0.308 e. The van der Waals surface area contributed by atoms with Crippen LogP contribution in [-0.4, -0.2) is 29.1 Å². The van der Waals surface area contributed by atoms with Gasteiger partial charge in [0, 0.05) is 40.7 Å². The Morgan fingerprint density at radius 2 is 1.95 bits per heavy atom. The van der Waals surface area contributed by atoms with Crippen molar-refractivity contribution in [2.75, 3.05) is 13.1 Å². The Labute approximate surface area is 136 Å². The topological polar surface area (TPSA) is 15.3 Å². The molecule has 0 aliphatic carbocycles. The molecule has 0 unspecified atom stereocenters. The first-order chi connectivity index (χ1) is 9.82. The van der Waals surface area contributed by atoms with Crippen LogP contribution in [0.25, 0.3) is 0 Å². The van der Waals surface area contributed by atoms with Crippen LogP contribution in [0.15, 0.2) is 22.7 Å². The monoisotopic (exact) mass is 356 g/mol. The first-order valence-corrected chi connectivity index (χ1v) is 8.55. The Morgan fingerprint density at radius 3 is 2.52 bits per heavy atom. The Balaban J connectivity index is 2.22. The zero-order chi connectivity index (χ0) is 15.7. The zero-order valence-electron chi connectivity index (χ0n) is 13.5. The SMILES string of the molecule is CCC1(CC)CN(Cc2ccc(Br)cc2F)C(C)(C)CN1. The fourth-order valence-corrected chi connectivity index (χ4v) is 3.33. The van der Waals surface area contributed by atoms with E-state index in [4.69, 9.17) is 0 Å². The van der Waals surface area contributed by atoms with E-state index in [-0.39, 0.29) is 16.9 Å². The van der Waals surface area contributed by atoms with Crippen LogP contribution in [0, 0.1) is 5.82 Å². The molecule has 0 amide bonds. The maximum atomic E-state index is 14.1. The second-order valence-corrected chi connectivity index (χ2v) is 7.66. The van der Waals surface area contributed by atoms with Gasteiger partial charge >= 0.3 is 0 Å². The van der Waals surface area contributed by atoms with Crippen molar-refractivity contribution in [1.29, 1.82) is 0 Å². The minimum Gasteiger partial charge on any atom is -0.308 e. The molecule has 1 aliphatic rings. The average Bonchev–Trinajstić information content (AvgIpc) is 2.44. The number of nitrogens with one attached hydrogen (secondary N) is 1. The predicted molar refractivity (Wildman–Crippen MR) is 89.9 cm³/mol. The van der Waals surface area contributed by atoms with Gasteiger partial charge in [0.05, 0.1) is 0 Å². The maximum Gasteiger partial charge on any atom is 0.128 e. The van der Waals surface area contributed by atoms with Gasteiger partial charge in [-0.05, 0) is 38.8 Å². The molecule has 1 N–H and O–H groups in total. The number of rotatable bonds is 4. The molecule has 0 spiro atoms. The van der Waals surface area contributed by atoms with Crippen LogP contribution in [-0.2, 0) is 6.54 Å². The number of nitrogens with zero attached hydrogens (tertiary/aromatic N) is 1. The molecular weight excluding hydrogens is 331 g/mol. The van der Waals surface area contributed by atoms with Crippen molar-refractivity contribution in [1.82, 2.24) is 10.2 Å². The number of benzene rings is 1. The van der Waals surface area contributed by atoms with Crippen molar-refractivity contribution >= 4 is 15.9 Å². The molecular formula is C17H26BrFN2. The molecule has 1 fully saturated rings. The fourth-order valence-electron chi connectivity index (χ4n) is 3.00. The number of hydrogen-bond donors (Lipinski definition) is 1. The van der Waals surface area contributed by atoms with Crippen molar-refractivity contribution in [3.8, 4) is 0 Å². The minimum atomic E-state index is -0.127. The second kappa shape index (κ2) is 6.35. The first kappa shape index (κ1) is 16.9. The van der Waals surface area contributed by atoms with E-state index in [0.29, 0.717) is 6.54 Å². The molecule has 1 aromatic rings. The van der Waals surface area contributed by atoms with Crippen LogP contribution in [0.2, 0.25) is 0 Å². The molecule has 21 heavy (non-hydrogen) atoms. The number of hydrogen-bond acceptors (Lipinski definition) is 2. The third-order valence-electron chi connectivity index (χ3n) is 4.98. The van der Waals surface area contributed by atoms with Crippen LogP contribution >= 0.6 is 15.9 Å². The number of piperazine rings is 1. The Hall–Kier alpha value is -0.450. The van der Waals surface area contributed by atoms with Gasteiger partial charge in [-0.3, -0.25) is 4.90 Å². The summed E-state index contributed by atoms with van der Waals surface area (Å²) < 4.78 is 14.9. The van der Waals surface area contributed by atoms with Gasteiger partial charge in [0.1, 0.15) is 5.82 Å². The van der Waals surface area contributed by atoms with Gasteiger partial charge in [0.25, 0.3) is 0 Å². The van der Waals surface area contributed by atoms with E-state index in [9.17, 15) is 4.39 Å². The normalized spacial score (nSPS) is 21.4. The molecule has 118 valence electrons. The molecule has 1 aromatic carbocycles. The maximum absolute atomic E-state index is 14.1. The van der Waals surface area contributed by atoms with Gasteiger partial charge in [0.2, 0.25) is 0 Å². The van der Waals surface area contributed by atoms with Crippen molar-refractivity contribution in [3.63, 3.8) is 0 Å². The summed E-state index contributed by atoms with van der Waals surface area (Å²) in [5, 5.41) is 3.72. The third kappa shape index (κ3) is 3.66. The molecule has 0 aromatic heterocycles. The molecule has 0 radical (unpaired) electrons. The summed E-state index contributed by atoms with van der Waals surface area (Å²) in [6.07, 6.45) is 2.19. The number of halogens is 2. The molecule has 1 saturated heterocycles. The highest BCUT2D eigenvalue weighted by Gasteiger charge is 2.40. The smallest absolute Gasteiger partial charge is 0.128 e. The summed E-state index contributed by atoms with van der Waals surface area (Å²) in [4.78, 5) is 2.42. The molecule has 0 saturated carbocycles. The third-order valence-corrected chi connectivity index (χ3v) is 5.47. The van der Waals surface area contributed by atoms with Gasteiger partial charge in [-0.1, -0.05) is 35.8 Å². The van der Waals surface area contributed by atoms with Crippen LogP contribution in [0.3, 0.4) is 0 Å². The fraction of sp³-hybridized carbons (Fsp3) is 0.647. The molecule has 1 heterocycles. The predicted octanol–water partition coefficient (Wildman–Crippen LogP) is 4.33. The summed E-state index contributed by atoms with van der Waals surface area (Å²) in [6, 6.07) is 5.36. The van der Waals surface area contributed by atoms with E-state index in [1.807, 2.05) is 12.1 Å². The van der Waals surface area contributed by atoms with E-state index < -0.39 is 0 Å². The van der Waals surface area contributed by atoms with Crippen molar-refractivity contribution in [2.45, 2.75) is 58.2 Å². The van der Waals surface area contributed by atoms with Gasteiger partial charge in [-0.25, -0.2) is 4.39 Å². The van der Waals surface area contributed by atoms with E-state index >= 15 is 0 Å². The summed E-state index contributed by atoms with van der Waals surface area (Å²) in [6.45, 7) is 11.5. The second-order valence-electron chi connectivity index (χ2n) is 6.75. The molecule has 1 aliphatic heterocycles. The van der Waals surface area contributed by atoms with Gasteiger partial charge < -0.3 is 5.32 Å². The Kier molecular flexibility index (Phi) is 5.11. The standard InChI is InChI=1S/C17H26BrFN2/c1-5-17(6-2)12-21(16(3,4)11-20-17)10-13-7-8-14(18)9-15(13)19/h7-9,20H,5-6,10-12H2,1-4H3. The van der Waals surface area contributed by atoms with Crippen molar-refractivity contribution in [3.05, 3.63) is 34.1 Å². The highest BCUT2D eigenvalue weighted by molar-refractivity contribution is 9.10. The zero-order valence-corrected chi connectivity index (χ0v) is 15.1. The van der Waals surface area contributed by atoms with Crippen LogP contribution < -0.4 is 5.32 Å². The summed E-state index contributed by atoms with van der Waals surface area (Å²) in [5.74, 6) is -0.127. The highest BCUT2D eigenvalue weighted by atomic mass is 79.9. The lowest BCUT2D eigenvalue weighted by Gasteiger charge is -2.52. The van der Waals surface area contributed by atoms with Crippen LogP contribution in [0.5, 0.6) is 0 Å². The van der Waals surface area contributed by atoms with Gasteiger partial charge in [-0.15, -0.1) is 0 Å². The highest BCUT2D eigenvalue weighted by Crippen LogP contribution is 2.30. The van der Waals surface area contributed by atoms with Gasteiger partial charge in [-0.2, -0.15) is 0 Å². The average molecular weight is 357 g/mol. The lowest BCUT2D eigenvalue weighted by Crippen LogP contribution is -2.67. The quantitative estimate of drug-likeness (QED) is 0.863. The van der Waals surface area contributed by atoms with Gasteiger partial charge in [0.15, 0.2) is 0 Å². The Bertz CT molecular complexity index is 498. The van der Waals surface area contributed by atoms with Crippen LogP contribution in [0.4, 0.5) is 4.39 Å². The molecule has 0 bridgehead atoms. The summed E-state index contributed by atoms with van der Waals surface area (Å²) in [7, 11) is 0. The molecule has 4 heteroatoms. The van der Waals surface area contributed by atoms with E-state index in [2.05, 4.69) is 53.8 Å². The lowest BCUT2D eigenvalue weighted by atomic mass is 9.84. The van der Waals surface area contributed by atoms with E-state index in [0.717, 1.165) is 36.0 Å². The Morgan fingerprint density at radius 1 is 1.29 bits per heavy atom. The van der Waals surface area contributed by atoms with E-state index in [1.165, 1.54) is 0 Å². The van der Waals surface area contributed by atoms with E-state index in [1.54, 1.807) is 6.07 Å². The first-order valence-electron chi connectivity index (χ1n) is 7.76. The lowest BCUT2D eigenvalue weighted by molar-refractivity contribution is 0.0154. The summed E-state index contributed by atoms with van der Waals surface area (Å²) >= 11 is 3.32. The van der Waals surface area contributed by atoms with Crippen LogP contribution in [0.1, 0.15) is 46.1 Å². The van der Waals surface area contributed by atoms with Crippen molar-refractivity contribution in [2.24, 2.45) is 0 Å². The molecule has 0 atom stereocenters.